The van der Waals surface area contributed by atoms with Gasteiger partial charge in [-0.15, -0.1) is 0 Å². The molecule has 1 aliphatic heterocycles. The topological polar surface area (TPSA) is 58.6 Å². The second-order valence-electron chi connectivity index (χ2n) is 7.10. The van der Waals surface area contributed by atoms with E-state index in [0.29, 0.717) is 16.9 Å². The van der Waals surface area contributed by atoms with Crippen LogP contribution in [0.15, 0.2) is 36.4 Å². The van der Waals surface area contributed by atoms with Gasteiger partial charge < -0.3 is 15.2 Å². The predicted octanol–water partition coefficient (Wildman–Crippen LogP) is 5.75. The molecule has 1 atom stereocenters. The molecule has 0 saturated carbocycles. The third-order valence-corrected chi connectivity index (χ3v) is 4.91. The van der Waals surface area contributed by atoms with E-state index in [9.17, 15) is 18.0 Å². The molecule has 0 radical (unpaired) electrons. The maximum Gasteiger partial charge on any atom is 0.416 e. The number of benzene rings is 2. The van der Waals surface area contributed by atoms with Crippen LogP contribution >= 0.6 is 11.6 Å². The summed E-state index contributed by atoms with van der Waals surface area (Å²) in [6.07, 6.45) is -5.64. The second kappa shape index (κ2) is 6.64. The Labute approximate surface area is 158 Å². The fraction of sp³-hybridized carbons (Fsp3) is 0.316. The van der Waals surface area contributed by atoms with E-state index in [2.05, 4.69) is 5.32 Å². The van der Waals surface area contributed by atoms with Crippen molar-refractivity contribution in [2.45, 2.75) is 26.1 Å². The molecule has 8 heteroatoms. The SMILES string of the molecule is CC1(C)COc2cc(-c3cc(C(F)(F)F)ccc3Cl)ccc2C1NC(=O)O. The molecule has 3 rings (SSSR count). The average molecular weight is 400 g/mol. The molecule has 0 bridgehead atoms. The molecule has 4 nitrogen and oxygen atoms in total. The van der Waals surface area contributed by atoms with Crippen molar-refractivity contribution in [2.75, 3.05) is 6.61 Å². The first-order valence-electron chi connectivity index (χ1n) is 8.12. The lowest BCUT2D eigenvalue weighted by molar-refractivity contribution is -0.137. The van der Waals surface area contributed by atoms with Gasteiger partial charge in [0.15, 0.2) is 0 Å². The maximum atomic E-state index is 13.0. The van der Waals surface area contributed by atoms with E-state index >= 15 is 0 Å². The fourth-order valence-electron chi connectivity index (χ4n) is 3.15. The summed E-state index contributed by atoms with van der Waals surface area (Å²) in [6.45, 7) is 3.99. The molecule has 2 aromatic rings. The monoisotopic (exact) mass is 399 g/mol. The molecule has 0 fully saturated rings. The highest BCUT2D eigenvalue weighted by molar-refractivity contribution is 6.33. The number of alkyl halides is 3. The van der Waals surface area contributed by atoms with E-state index < -0.39 is 29.3 Å². The molecule has 27 heavy (non-hydrogen) atoms. The van der Waals surface area contributed by atoms with E-state index in [0.717, 1.165) is 12.1 Å². The third-order valence-electron chi connectivity index (χ3n) is 4.58. The van der Waals surface area contributed by atoms with Crippen LogP contribution in [0.3, 0.4) is 0 Å². The standard InChI is InChI=1S/C19H17ClF3NO3/c1-18(2)9-27-15-7-10(3-5-12(15)16(18)24-17(25)26)13-8-11(19(21,22)23)4-6-14(13)20/h3-8,16,24H,9H2,1-2H3,(H,25,26). The zero-order chi connectivity index (χ0) is 20.0. The van der Waals surface area contributed by atoms with Gasteiger partial charge in [0.25, 0.3) is 0 Å². The number of rotatable bonds is 2. The zero-order valence-electron chi connectivity index (χ0n) is 14.5. The Kier molecular flexibility index (Phi) is 4.76. The number of halogens is 4. The van der Waals surface area contributed by atoms with E-state index in [1.54, 1.807) is 18.2 Å². The van der Waals surface area contributed by atoms with Gasteiger partial charge >= 0.3 is 12.3 Å². The molecular weight excluding hydrogens is 383 g/mol. The van der Waals surface area contributed by atoms with Crippen LogP contribution in [-0.2, 0) is 6.18 Å². The van der Waals surface area contributed by atoms with Crippen molar-refractivity contribution in [2.24, 2.45) is 5.41 Å². The van der Waals surface area contributed by atoms with Crippen LogP contribution in [0.5, 0.6) is 5.75 Å². The molecule has 1 aliphatic rings. The molecule has 1 amide bonds. The van der Waals surface area contributed by atoms with Gasteiger partial charge in [0.2, 0.25) is 0 Å². The Morgan fingerprint density at radius 2 is 1.96 bits per heavy atom. The Balaban J connectivity index is 2.06. The number of hydrogen-bond acceptors (Lipinski definition) is 2. The quantitative estimate of drug-likeness (QED) is 0.675. The van der Waals surface area contributed by atoms with Gasteiger partial charge in [-0.05, 0) is 29.8 Å². The zero-order valence-corrected chi connectivity index (χ0v) is 15.3. The molecule has 144 valence electrons. The van der Waals surface area contributed by atoms with Crippen molar-refractivity contribution < 1.29 is 27.8 Å². The van der Waals surface area contributed by atoms with Gasteiger partial charge in [0.05, 0.1) is 18.2 Å². The highest BCUT2D eigenvalue weighted by Crippen LogP contribution is 2.45. The molecule has 0 aromatic heterocycles. The van der Waals surface area contributed by atoms with Gasteiger partial charge in [-0.25, -0.2) is 4.79 Å². The van der Waals surface area contributed by atoms with E-state index in [-0.39, 0.29) is 17.2 Å². The summed E-state index contributed by atoms with van der Waals surface area (Å²) in [6, 6.07) is 7.47. The first-order chi connectivity index (χ1) is 12.5. The summed E-state index contributed by atoms with van der Waals surface area (Å²) in [5.41, 5.74) is 0.0255. The fourth-order valence-corrected chi connectivity index (χ4v) is 3.38. The van der Waals surface area contributed by atoms with Crippen molar-refractivity contribution in [3.8, 4) is 16.9 Å². The van der Waals surface area contributed by atoms with Crippen molar-refractivity contribution in [1.29, 1.82) is 0 Å². The van der Waals surface area contributed by atoms with Crippen molar-refractivity contribution in [3.63, 3.8) is 0 Å². The first kappa shape index (κ1) is 19.4. The van der Waals surface area contributed by atoms with Gasteiger partial charge in [-0.3, -0.25) is 0 Å². The Morgan fingerprint density at radius 3 is 2.59 bits per heavy atom. The van der Waals surface area contributed by atoms with E-state index in [1.807, 2.05) is 13.8 Å². The number of amides is 1. The lowest BCUT2D eigenvalue weighted by Crippen LogP contribution is -2.43. The van der Waals surface area contributed by atoms with Crippen molar-refractivity contribution >= 4 is 17.7 Å². The average Bonchev–Trinajstić information content (AvgIpc) is 2.56. The largest absolute Gasteiger partial charge is 0.493 e. The molecule has 0 spiro atoms. The summed E-state index contributed by atoms with van der Waals surface area (Å²) in [5, 5.41) is 11.8. The summed E-state index contributed by atoms with van der Waals surface area (Å²) < 4.78 is 44.8. The lowest BCUT2D eigenvalue weighted by Gasteiger charge is -2.39. The molecule has 0 aliphatic carbocycles. The highest BCUT2D eigenvalue weighted by atomic mass is 35.5. The molecule has 1 heterocycles. The number of carboxylic acid groups (broad SMARTS) is 1. The second-order valence-corrected chi connectivity index (χ2v) is 7.51. The van der Waals surface area contributed by atoms with Gasteiger partial charge in [0, 0.05) is 21.6 Å². The minimum atomic E-state index is -4.48. The number of fused-ring (bicyclic) bond motifs is 1. The van der Waals surface area contributed by atoms with Crippen LogP contribution in [0.2, 0.25) is 5.02 Å². The molecular formula is C19H17ClF3NO3. The maximum absolute atomic E-state index is 13.0. The molecule has 2 N–H and O–H groups in total. The highest BCUT2D eigenvalue weighted by Gasteiger charge is 2.39. The van der Waals surface area contributed by atoms with E-state index in [4.69, 9.17) is 21.4 Å². The van der Waals surface area contributed by atoms with Crippen molar-refractivity contribution in [3.05, 3.63) is 52.5 Å². The van der Waals surface area contributed by atoms with Crippen LogP contribution in [0.1, 0.15) is 31.0 Å². The van der Waals surface area contributed by atoms with Crippen LogP contribution in [0.4, 0.5) is 18.0 Å². The smallest absolute Gasteiger partial charge is 0.416 e. The Hall–Kier alpha value is -2.41. The number of ether oxygens (including phenoxy) is 1. The predicted molar refractivity (Wildman–Crippen MR) is 95.1 cm³/mol. The Morgan fingerprint density at radius 1 is 1.26 bits per heavy atom. The number of nitrogens with one attached hydrogen (secondary N) is 1. The van der Waals surface area contributed by atoms with Crippen LogP contribution in [0.25, 0.3) is 11.1 Å². The molecule has 1 unspecified atom stereocenters. The van der Waals surface area contributed by atoms with Crippen LogP contribution in [0, 0.1) is 5.41 Å². The minimum absolute atomic E-state index is 0.180. The number of hydrogen-bond donors (Lipinski definition) is 2. The van der Waals surface area contributed by atoms with Crippen LogP contribution < -0.4 is 10.1 Å². The third kappa shape index (κ3) is 3.83. The summed E-state index contributed by atoms with van der Waals surface area (Å²) in [5.74, 6) is 0.416. The van der Waals surface area contributed by atoms with E-state index in [1.165, 1.54) is 6.07 Å². The summed E-state index contributed by atoms with van der Waals surface area (Å²) in [4.78, 5) is 11.2. The molecule has 0 saturated heterocycles. The first-order valence-corrected chi connectivity index (χ1v) is 8.50. The van der Waals surface area contributed by atoms with Gasteiger partial charge in [-0.2, -0.15) is 13.2 Å². The lowest BCUT2D eigenvalue weighted by atomic mass is 9.78. The van der Waals surface area contributed by atoms with Crippen LogP contribution in [-0.4, -0.2) is 17.8 Å². The minimum Gasteiger partial charge on any atom is -0.493 e. The summed E-state index contributed by atoms with van der Waals surface area (Å²) >= 11 is 6.11. The normalized spacial score (nSPS) is 18.4. The van der Waals surface area contributed by atoms with Gasteiger partial charge in [0.1, 0.15) is 5.75 Å². The summed E-state index contributed by atoms with van der Waals surface area (Å²) in [7, 11) is 0. The Bertz CT molecular complexity index is 896. The number of carbonyl (C=O) groups is 1. The van der Waals surface area contributed by atoms with Gasteiger partial charge in [-0.1, -0.05) is 37.6 Å². The van der Waals surface area contributed by atoms with Crippen molar-refractivity contribution in [1.82, 2.24) is 5.32 Å². The molecule has 2 aromatic carbocycles.